The molecule has 0 aliphatic carbocycles. The molecule has 4 heterocycles. The number of rotatable bonds is 5. The normalized spacial score (nSPS) is 16.9. The van der Waals surface area contributed by atoms with Crippen molar-refractivity contribution < 1.29 is 9.21 Å². The summed E-state index contributed by atoms with van der Waals surface area (Å²) >= 11 is 0. The molecule has 0 bridgehead atoms. The molecule has 6 heteroatoms. The first-order chi connectivity index (χ1) is 14.2. The highest BCUT2D eigenvalue weighted by atomic mass is 16.3. The van der Waals surface area contributed by atoms with Crippen molar-refractivity contribution in [1.29, 1.82) is 0 Å². The van der Waals surface area contributed by atoms with Crippen molar-refractivity contribution in [2.24, 2.45) is 0 Å². The Bertz CT molecular complexity index is 998. The highest BCUT2D eigenvalue weighted by Crippen LogP contribution is 2.29. The fourth-order valence-corrected chi connectivity index (χ4v) is 3.60. The molecule has 0 radical (unpaired) electrons. The maximum atomic E-state index is 12.6. The van der Waals surface area contributed by atoms with E-state index in [0.717, 1.165) is 36.6 Å². The number of aryl methyl sites for hydroxylation is 1. The second-order valence-electron chi connectivity index (χ2n) is 7.24. The highest BCUT2D eigenvalue weighted by Gasteiger charge is 2.24. The van der Waals surface area contributed by atoms with Gasteiger partial charge in [-0.15, -0.1) is 0 Å². The van der Waals surface area contributed by atoms with E-state index in [1.54, 1.807) is 24.6 Å². The number of aromatic nitrogens is 2. The van der Waals surface area contributed by atoms with E-state index < -0.39 is 0 Å². The third-order valence-corrected chi connectivity index (χ3v) is 5.18. The van der Waals surface area contributed by atoms with E-state index in [-0.39, 0.29) is 11.8 Å². The standard InChI is InChI=1S/C23H24N4O2/c1-17-5-2-11-25-23(17)26-21-15-18(10-12-24-21)19-6-3-13-27(16-19)22(28)9-8-20-7-4-14-29-20/h2,4-5,7-12,14-15,19H,3,6,13,16H2,1H3,(H,24,25,26)/b9-8+. The molecule has 1 aliphatic heterocycles. The van der Waals surface area contributed by atoms with Crippen molar-refractivity contribution in [1.82, 2.24) is 14.9 Å². The zero-order valence-corrected chi connectivity index (χ0v) is 16.4. The summed E-state index contributed by atoms with van der Waals surface area (Å²) in [6.45, 7) is 3.49. The number of piperidine rings is 1. The van der Waals surface area contributed by atoms with Gasteiger partial charge in [0.05, 0.1) is 6.26 Å². The van der Waals surface area contributed by atoms with Crippen LogP contribution < -0.4 is 5.32 Å². The summed E-state index contributed by atoms with van der Waals surface area (Å²) in [4.78, 5) is 23.3. The quantitative estimate of drug-likeness (QED) is 0.650. The summed E-state index contributed by atoms with van der Waals surface area (Å²) < 4.78 is 5.26. The molecule has 1 atom stereocenters. The smallest absolute Gasteiger partial charge is 0.246 e. The van der Waals surface area contributed by atoms with Crippen molar-refractivity contribution in [2.45, 2.75) is 25.7 Å². The second-order valence-corrected chi connectivity index (χ2v) is 7.24. The molecule has 1 unspecified atom stereocenters. The summed E-state index contributed by atoms with van der Waals surface area (Å²) in [5.74, 6) is 2.56. The van der Waals surface area contributed by atoms with Crippen LogP contribution >= 0.6 is 0 Å². The molecular weight excluding hydrogens is 364 g/mol. The summed E-state index contributed by atoms with van der Waals surface area (Å²) in [6.07, 6.45) is 10.5. The summed E-state index contributed by atoms with van der Waals surface area (Å²) in [5, 5.41) is 3.30. The van der Waals surface area contributed by atoms with Crippen LogP contribution in [-0.4, -0.2) is 33.9 Å². The van der Waals surface area contributed by atoms with Gasteiger partial charge < -0.3 is 14.6 Å². The number of pyridine rings is 2. The lowest BCUT2D eigenvalue weighted by molar-refractivity contribution is -0.127. The molecule has 29 heavy (non-hydrogen) atoms. The van der Waals surface area contributed by atoms with Gasteiger partial charge in [-0.05, 0) is 67.3 Å². The minimum absolute atomic E-state index is 0.0163. The molecule has 6 nitrogen and oxygen atoms in total. The topological polar surface area (TPSA) is 71.3 Å². The Kier molecular flexibility index (Phi) is 5.70. The summed E-state index contributed by atoms with van der Waals surface area (Å²) in [6, 6.07) is 11.7. The van der Waals surface area contributed by atoms with Crippen LogP contribution in [0.5, 0.6) is 0 Å². The highest BCUT2D eigenvalue weighted by molar-refractivity contribution is 5.91. The molecule has 3 aromatic heterocycles. The Labute approximate surface area is 170 Å². The number of amides is 1. The number of anilines is 2. The van der Waals surface area contributed by atoms with Crippen LogP contribution in [0, 0.1) is 6.92 Å². The van der Waals surface area contributed by atoms with Gasteiger partial charge in [-0.3, -0.25) is 4.79 Å². The lowest BCUT2D eigenvalue weighted by atomic mass is 9.91. The number of hydrogen-bond acceptors (Lipinski definition) is 5. The Morgan fingerprint density at radius 3 is 3.00 bits per heavy atom. The fraction of sp³-hybridized carbons (Fsp3) is 0.261. The molecule has 0 aromatic carbocycles. The molecule has 1 saturated heterocycles. The first-order valence-corrected chi connectivity index (χ1v) is 9.84. The van der Waals surface area contributed by atoms with E-state index in [0.29, 0.717) is 12.3 Å². The molecule has 0 saturated carbocycles. The predicted octanol–water partition coefficient (Wildman–Crippen LogP) is 4.54. The largest absolute Gasteiger partial charge is 0.465 e. The Morgan fingerprint density at radius 2 is 2.17 bits per heavy atom. The Hall–Kier alpha value is -3.41. The van der Waals surface area contributed by atoms with Crippen molar-refractivity contribution in [3.05, 3.63) is 78.0 Å². The minimum atomic E-state index is 0.0163. The van der Waals surface area contributed by atoms with Crippen LogP contribution in [0.4, 0.5) is 11.6 Å². The number of furan rings is 1. The minimum Gasteiger partial charge on any atom is -0.465 e. The Balaban J connectivity index is 1.44. The lowest BCUT2D eigenvalue weighted by Crippen LogP contribution is -2.38. The zero-order valence-electron chi connectivity index (χ0n) is 16.4. The van der Waals surface area contributed by atoms with Crippen LogP contribution in [0.15, 0.2) is 65.5 Å². The Morgan fingerprint density at radius 1 is 1.24 bits per heavy atom. The SMILES string of the molecule is Cc1cccnc1Nc1cc(C2CCCN(C(=O)/C=C/c3ccco3)C2)ccn1. The van der Waals surface area contributed by atoms with E-state index in [1.807, 2.05) is 48.4 Å². The molecule has 3 aromatic rings. The molecule has 1 fully saturated rings. The number of carbonyl (C=O) groups excluding carboxylic acids is 1. The van der Waals surface area contributed by atoms with E-state index in [9.17, 15) is 4.79 Å². The van der Waals surface area contributed by atoms with Gasteiger partial charge >= 0.3 is 0 Å². The van der Waals surface area contributed by atoms with Gasteiger partial charge in [0.15, 0.2) is 0 Å². The monoisotopic (exact) mass is 388 g/mol. The summed E-state index contributed by atoms with van der Waals surface area (Å²) in [7, 11) is 0. The molecule has 148 valence electrons. The van der Waals surface area contributed by atoms with E-state index >= 15 is 0 Å². The molecular formula is C23H24N4O2. The van der Waals surface area contributed by atoms with Crippen molar-refractivity contribution >= 4 is 23.6 Å². The maximum Gasteiger partial charge on any atom is 0.246 e. The van der Waals surface area contributed by atoms with Crippen LogP contribution in [0.2, 0.25) is 0 Å². The van der Waals surface area contributed by atoms with Gasteiger partial charge in [0.1, 0.15) is 17.4 Å². The average molecular weight is 388 g/mol. The molecule has 4 rings (SSSR count). The van der Waals surface area contributed by atoms with Crippen LogP contribution in [-0.2, 0) is 4.79 Å². The number of carbonyl (C=O) groups is 1. The van der Waals surface area contributed by atoms with E-state index in [4.69, 9.17) is 4.42 Å². The van der Waals surface area contributed by atoms with Crippen molar-refractivity contribution in [2.75, 3.05) is 18.4 Å². The first-order valence-electron chi connectivity index (χ1n) is 9.84. The lowest BCUT2D eigenvalue weighted by Gasteiger charge is -2.32. The van der Waals surface area contributed by atoms with Gasteiger partial charge in [0, 0.05) is 37.5 Å². The zero-order chi connectivity index (χ0) is 20.1. The van der Waals surface area contributed by atoms with Gasteiger partial charge in [-0.25, -0.2) is 9.97 Å². The second kappa shape index (κ2) is 8.73. The molecule has 1 N–H and O–H groups in total. The third-order valence-electron chi connectivity index (χ3n) is 5.18. The maximum absolute atomic E-state index is 12.6. The van der Waals surface area contributed by atoms with Crippen LogP contribution in [0.25, 0.3) is 6.08 Å². The van der Waals surface area contributed by atoms with Gasteiger partial charge in [-0.2, -0.15) is 0 Å². The molecule has 1 amide bonds. The molecule has 0 spiro atoms. The van der Waals surface area contributed by atoms with Crippen molar-refractivity contribution in [3.63, 3.8) is 0 Å². The number of hydrogen-bond donors (Lipinski definition) is 1. The predicted molar refractivity (Wildman–Crippen MR) is 113 cm³/mol. The van der Waals surface area contributed by atoms with Gasteiger partial charge in [-0.1, -0.05) is 6.07 Å². The number of nitrogens with zero attached hydrogens (tertiary/aromatic N) is 3. The average Bonchev–Trinajstić information content (AvgIpc) is 3.28. The summed E-state index contributed by atoms with van der Waals surface area (Å²) in [5.41, 5.74) is 2.25. The fourth-order valence-electron chi connectivity index (χ4n) is 3.60. The number of likely N-dealkylation sites (tertiary alicyclic amines) is 1. The third kappa shape index (κ3) is 4.71. The van der Waals surface area contributed by atoms with Crippen molar-refractivity contribution in [3.8, 4) is 0 Å². The van der Waals surface area contributed by atoms with Crippen LogP contribution in [0.3, 0.4) is 0 Å². The molecule has 1 aliphatic rings. The van der Waals surface area contributed by atoms with Gasteiger partial charge in [0.25, 0.3) is 0 Å². The van der Waals surface area contributed by atoms with E-state index in [1.165, 1.54) is 5.56 Å². The number of nitrogens with one attached hydrogen (secondary N) is 1. The van der Waals surface area contributed by atoms with E-state index in [2.05, 4.69) is 21.4 Å². The van der Waals surface area contributed by atoms with Gasteiger partial charge in [0.2, 0.25) is 5.91 Å². The first kappa shape index (κ1) is 18.9. The van der Waals surface area contributed by atoms with Crippen LogP contribution in [0.1, 0.15) is 35.6 Å².